The van der Waals surface area contributed by atoms with Crippen molar-refractivity contribution in [2.24, 2.45) is 11.8 Å². The molecule has 0 bridgehead atoms. The van der Waals surface area contributed by atoms with Gasteiger partial charge in [-0.15, -0.1) is 0 Å². The molecule has 1 aliphatic rings. The highest BCUT2D eigenvalue weighted by Crippen LogP contribution is 2.26. The molecule has 0 saturated heterocycles. The maximum absolute atomic E-state index is 11.1. The van der Waals surface area contributed by atoms with Crippen LogP contribution in [0.3, 0.4) is 0 Å². The van der Waals surface area contributed by atoms with E-state index in [0.717, 1.165) is 12.8 Å². The van der Waals surface area contributed by atoms with E-state index in [1.54, 1.807) is 0 Å². The van der Waals surface area contributed by atoms with Crippen LogP contribution < -0.4 is 5.32 Å². The molecule has 0 aromatic carbocycles. The summed E-state index contributed by atoms with van der Waals surface area (Å²) < 4.78 is 0. The third-order valence-corrected chi connectivity index (χ3v) is 2.44. The molecule has 3 heteroatoms. The summed E-state index contributed by atoms with van der Waals surface area (Å²) in [7, 11) is 0. The predicted octanol–water partition coefficient (Wildman–Crippen LogP) is 0.529. The fraction of sp³-hybridized carbons (Fsp3) is 0.889. The van der Waals surface area contributed by atoms with Crippen LogP contribution in [0.2, 0.25) is 0 Å². The molecule has 0 spiro atoms. The third kappa shape index (κ3) is 2.21. The fourth-order valence-corrected chi connectivity index (χ4v) is 1.23. The first-order valence-corrected chi connectivity index (χ1v) is 4.57. The predicted molar refractivity (Wildman–Crippen MR) is 46.6 cm³/mol. The molecule has 2 N–H and O–H groups in total. The Balaban J connectivity index is 2.13. The Morgan fingerprint density at radius 3 is 2.58 bits per heavy atom. The van der Waals surface area contributed by atoms with Gasteiger partial charge in [-0.05, 0) is 12.8 Å². The molecule has 0 heterocycles. The van der Waals surface area contributed by atoms with E-state index in [1.807, 2.05) is 13.8 Å². The third-order valence-electron chi connectivity index (χ3n) is 2.44. The molecule has 1 aliphatic carbocycles. The summed E-state index contributed by atoms with van der Waals surface area (Å²) in [5, 5.41) is 12.0. The molecule has 12 heavy (non-hydrogen) atoms. The van der Waals surface area contributed by atoms with E-state index in [9.17, 15) is 9.90 Å². The second-order valence-corrected chi connectivity index (χ2v) is 3.80. The van der Waals surface area contributed by atoms with Gasteiger partial charge in [0.25, 0.3) is 0 Å². The lowest BCUT2D eigenvalue weighted by atomic mass is 9.82. The summed E-state index contributed by atoms with van der Waals surface area (Å²) in [6.45, 7) is 4.37. The lowest BCUT2D eigenvalue weighted by Crippen LogP contribution is -2.42. The van der Waals surface area contributed by atoms with Gasteiger partial charge in [-0.1, -0.05) is 13.8 Å². The largest absolute Gasteiger partial charge is 0.393 e. The first-order chi connectivity index (χ1) is 5.61. The number of carbonyl (C=O) groups excluding carboxylic acids is 1. The zero-order chi connectivity index (χ0) is 9.14. The van der Waals surface area contributed by atoms with E-state index in [0.29, 0.717) is 12.5 Å². The van der Waals surface area contributed by atoms with Crippen LogP contribution in [0, 0.1) is 11.8 Å². The van der Waals surface area contributed by atoms with Gasteiger partial charge in [0, 0.05) is 18.4 Å². The van der Waals surface area contributed by atoms with Gasteiger partial charge in [0.15, 0.2) is 0 Å². The second kappa shape index (κ2) is 3.90. The molecule has 70 valence electrons. The smallest absolute Gasteiger partial charge is 0.222 e. The highest BCUT2D eigenvalue weighted by Gasteiger charge is 2.28. The lowest BCUT2D eigenvalue weighted by Gasteiger charge is -2.32. The number of carbonyl (C=O) groups is 1. The van der Waals surface area contributed by atoms with Crippen LogP contribution in [0.5, 0.6) is 0 Å². The highest BCUT2D eigenvalue weighted by molar-refractivity contribution is 5.77. The first kappa shape index (κ1) is 9.52. The molecule has 0 aromatic rings. The number of aliphatic hydroxyl groups is 1. The molecule has 2 atom stereocenters. The molecule has 1 amide bonds. The van der Waals surface area contributed by atoms with Crippen LogP contribution in [0.25, 0.3) is 0 Å². The van der Waals surface area contributed by atoms with Gasteiger partial charge in [-0.25, -0.2) is 0 Å². The normalized spacial score (nSPS) is 28.3. The van der Waals surface area contributed by atoms with Crippen molar-refractivity contribution in [2.45, 2.75) is 32.8 Å². The molecule has 2 unspecified atom stereocenters. The van der Waals surface area contributed by atoms with Gasteiger partial charge in [0.1, 0.15) is 0 Å². The molecule has 0 radical (unpaired) electrons. The number of aliphatic hydroxyl groups excluding tert-OH is 1. The Morgan fingerprint density at radius 1 is 1.58 bits per heavy atom. The van der Waals surface area contributed by atoms with Crippen molar-refractivity contribution >= 4 is 5.91 Å². The molecular weight excluding hydrogens is 154 g/mol. The Bertz CT molecular complexity index is 168. The average Bonchev–Trinajstić information content (AvgIpc) is 2.01. The van der Waals surface area contributed by atoms with Crippen LogP contribution in [0.1, 0.15) is 26.7 Å². The summed E-state index contributed by atoms with van der Waals surface area (Å²) in [5.41, 5.74) is 0. The Labute approximate surface area is 73.2 Å². The minimum Gasteiger partial charge on any atom is -0.393 e. The number of hydrogen-bond acceptors (Lipinski definition) is 2. The molecule has 1 fully saturated rings. The van der Waals surface area contributed by atoms with E-state index >= 15 is 0 Å². The monoisotopic (exact) mass is 171 g/mol. The number of rotatable bonds is 3. The van der Waals surface area contributed by atoms with Crippen LogP contribution in [0.15, 0.2) is 0 Å². The summed E-state index contributed by atoms with van der Waals surface area (Å²) in [6.07, 6.45) is 1.75. The van der Waals surface area contributed by atoms with Crippen LogP contribution in [0.4, 0.5) is 0 Å². The van der Waals surface area contributed by atoms with Gasteiger partial charge >= 0.3 is 0 Å². The minimum atomic E-state index is -0.183. The van der Waals surface area contributed by atoms with Crippen molar-refractivity contribution in [3.05, 3.63) is 0 Å². The van der Waals surface area contributed by atoms with Crippen molar-refractivity contribution < 1.29 is 9.90 Å². The summed E-state index contributed by atoms with van der Waals surface area (Å²) in [5.74, 6) is 0.420. The summed E-state index contributed by atoms with van der Waals surface area (Å²) in [4.78, 5) is 11.1. The van der Waals surface area contributed by atoms with Crippen LogP contribution in [-0.4, -0.2) is 23.7 Å². The minimum absolute atomic E-state index is 0.0437. The maximum atomic E-state index is 11.1. The maximum Gasteiger partial charge on any atom is 0.222 e. The van der Waals surface area contributed by atoms with Crippen molar-refractivity contribution in [1.29, 1.82) is 0 Å². The molecular formula is C9H17NO2. The van der Waals surface area contributed by atoms with Gasteiger partial charge in [0.05, 0.1) is 6.10 Å². The number of hydrogen-bond donors (Lipinski definition) is 2. The molecule has 1 saturated carbocycles. The second-order valence-electron chi connectivity index (χ2n) is 3.80. The summed E-state index contributed by atoms with van der Waals surface area (Å²) in [6, 6.07) is 0. The molecule has 1 rings (SSSR count). The SMILES string of the molecule is CC(C)C(=O)NCC1CCC1O. The van der Waals surface area contributed by atoms with E-state index < -0.39 is 0 Å². The first-order valence-electron chi connectivity index (χ1n) is 4.57. The zero-order valence-corrected chi connectivity index (χ0v) is 7.71. The van der Waals surface area contributed by atoms with E-state index in [4.69, 9.17) is 0 Å². The van der Waals surface area contributed by atoms with Crippen molar-refractivity contribution in [1.82, 2.24) is 5.32 Å². The topological polar surface area (TPSA) is 49.3 Å². The summed E-state index contributed by atoms with van der Waals surface area (Å²) >= 11 is 0. The number of nitrogens with one attached hydrogen (secondary N) is 1. The quantitative estimate of drug-likeness (QED) is 0.650. The average molecular weight is 171 g/mol. The standard InChI is InChI=1S/C9H17NO2/c1-6(2)9(12)10-5-7-3-4-8(7)11/h6-8,11H,3-5H2,1-2H3,(H,10,12). The van der Waals surface area contributed by atoms with Crippen LogP contribution in [-0.2, 0) is 4.79 Å². The van der Waals surface area contributed by atoms with Gasteiger partial charge < -0.3 is 10.4 Å². The van der Waals surface area contributed by atoms with E-state index in [-0.39, 0.29) is 17.9 Å². The van der Waals surface area contributed by atoms with Gasteiger partial charge in [-0.3, -0.25) is 4.79 Å². The van der Waals surface area contributed by atoms with Gasteiger partial charge in [-0.2, -0.15) is 0 Å². The van der Waals surface area contributed by atoms with E-state index in [2.05, 4.69) is 5.32 Å². The molecule has 3 nitrogen and oxygen atoms in total. The van der Waals surface area contributed by atoms with Crippen molar-refractivity contribution in [2.75, 3.05) is 6.54 Å². The Hall–Kier alpha value is -0.570. The highest BCUT2D eigenvalue weighted by atomic mass is 16.3. The molecule has 0 aromatic heterocycles. The van der Waals surface area contributed by atoms with Gasteiger partial charge in [0.2, 0.25) is 5.91 Å². The number of amides is 1. The molecule has 0 aliphatic heterocycles. The Kier molecular flexibility index (Phi) is 3.09. The Morgan fingerprint density at radius 2 is 2.25 bits per heavy atom. The van der Waals surface area contributed by atoms with E-state index in [1.165, 1.54) is 0 Å². The fourth-order valence-electron chi connectivity index (χ4n) is 1.23. The van der Waals surface area contributed by atoms with Crippen molar-refractivity contribution in [3.8, 4) is 0 Å². The zero-order valence-electron chi connectivity index (χ0n) is 7.71. The van der Waals surface area contributed by atoms with Crippen LogP contribution >= 0.6 is 0 Å². The van der Waals surface area contributed by atoms with Crippen molar-refractivity contribution in [3.63, 3.8) is 0 Å². The lowest BCUT2D eigenvalue weighted by molar-refractivity contribution is -0.124.